The third-order valence-electron chi connectivity index (χ3n) is 5.33. The van der Waals surface area contributed by atoms with Crippen molar-refractivity contribution >= 4 is 23.7 Å². The van der Waals surface area contributed by atoms with E-state index in [0.29, 0.717) is 33.9 Å². The molecule has 31 heavy (non-hydrogen) atoms. The van der Waals surface area contributed by atoms with Gasteiger partial charge in [0.05, 0.1) is 34.5 Å². The summed E-state index contributed by atoms with van der Waals surface area (Å²) in [4.78, 5) is 39.5. The molecule has 9 heteroatoms. The Bertz CT molecular complexity index is 1020. The fourth-order valence-electron chi connectivity index (χ4n) is 3.85. The van der Waals surface area contributed by atoms with Crippen LogP contribution in [-0.2, 0) is 14.3 Å². The quantitative estimate of drug-likeness (QED) is 0.730. The van der Waals surface area contributed by atoms with E-state index in [-0.39, 0.29) is 5.91 Å². The first-order valence-electron chi connectivity index (χ1n) is 9.42. The number of rotatable bonds is 5. The van der Waals surface area contributed by atoms with Gasteiger partial charge in [-0.2, -0.15) is 0 Å². The minimum absolute atomic E-state index is 0.310. The van der Waals surface area contributed by atoms with Crippen LogP contribution in [0.1, 0.15) is 33.4 Å². The number of fused-ring (bicyclic) bond motifs is 1. The molecule has 1 N–H and O–H groups in total. The average Bonchev–Trinajstić information content (AvgIpc) is 2.80. The van der Waals surface area contributed by atoms with Crippen molar-refractivity contribution in [2.75, 3.05) is 40.8 Å². The van der Waals surface area contributed by atoms with Gasteiger partial charge in [-0.15, -0.1) is 0 Å². The molecule has 9 nitrogen and oxygen atoms in total. The van der Waals surface area contributed by atoms with Crippen LogP contribution >= 0.6 is 0 Å². The van der Waals surface area contributed by atoms with Crippen LogP contribution in [0.3, 0.4) is 0 Å². The number of likely N-dealkylation sites (N-methyl/N-ethyl adjacent to an activating group) is 1. The zero-order valence-electron chi connectivity index (χ0n) is 17.9. The van der Waals surface area contributed by atoms with Gasteiger partial charge in [0.15, 0.2) is 11.5 Å². The third-order valence-corrected chi connectivity index (χ3v) is 5.33. The van der Waals surface area contributed by atoms with E-state index in [1.807, 2.05) is 0 Å². The molecule has 164 valence electrons. The van der Waals surface area contributed by atoms with Crippen LogP contribution in [0, 0.1) is 0 Å². The maximum atomic E-state index is 13.3. The number of nitrogens with one attached hydrogen (secondary N) is 1. The summed E-state index contributed by atoms with van der Waals surface area (Å²) >= 11 is 0. The first-order valence-corrected chi connectivity index (χ1v) is 9.42. The topological polar surface area (TPSA) is 103 Å². The summed E-state index contributed by atoms with van der Waals surface area (Å²) < 4.78 is 20.5. The molecule has 1 aliphatic heterocycles. The summed E-state index contributed by atoms with van der Waals surface area (Å²) in [7, 11) is 7.07. The summed E-state index contributed by atoms with van der Waals surface area (Å²) in [6.45, 7) is 0. The molecular weight excluding hydrogens is 404 g/mol. The van der Waals surface area contributed by atoms with Crippen molar-refractivity contribution in [3.63, 3.8) is 0 Å². The van der Waals surface area contributed by atoms with E-state index >= 15 is 0 Å². The van der Waals surface area contributed by atoms with Crippen molar-refractivity contribution in [2.24, 2.45) is 0 Å². The first-order chi connectivity index (χ1) is 14.9. The zero-order chi connectivity index (χ0) is 22.7. The normalized spacial score (nSPS) is 17.5. The number of anilines is 1. The maximum absolute atomic E-state index is 13.3. The lowest BCUT2D eigenvalue weighted by atomic mass is 9.79. The summed E-state index contributed by atoms with van der Waals surface area (Å²) in [5.41, 5.74) is 1.73. The van der Waals surface area contributed by atoms with Crippen LogP contribution in [-0.4, -0.2) is 58.4 Å². The van der Waals surface area contributed by atoms with Gasteiger partial charge in [-0.3, -0.25) is 14.9 Å². The minimum Gasteiger partial charge on any atom is -0.493 e. The molecule has 2 amide bonds. The monoisotopic (exact) mass is 428 g/mol. The standard InChI is InChI=1S/C22H24N2O7/c1-24-19(12-8-6-7-9-15(12)23-22(27)31-5)18(21(26)30-4)13-10-16(28-2)17(29-3)11-14(13)20(24)25/h6-11,18-19H,1-5H3,(H,23,27). The van der Waals surface area contributed by atoms with Gasteiger partial charge in [-0.25, -0.2) is 4.79 Å². The Morgan fingerprint density at radius 3 is 2.19 bits per heavy atom. The molecule has 0 aromatic heterocycles. The highest BCUT2D eigenvalue weighted by Crippen LogP contribution is 2.47. The van der Waals surface area contributed by atoms with Gasteiger partial charge in [0.1, 0.15) is 5.92 Å². The van der Waals surface area contributed by atoms with E-state index in [1.165, 1.54) is 33.3 Å². The lowest BCUT2D eigenvalue weighted by Gasteiger charge is -2.40. The molecule has 0 saturated heterocycles. The predicted octanol–water partition coefficient (Wildman–Crippen LogP) is 2.97. The van der Waals surface area contributed by atoms with Crippen LogP contribution in [0.15, 0.2) is 36.4 Å². The zero-order valence-corrected chi connectivity index (χ0v) is 17.9. The highest BCUT2D eigenvalue weighted by atomic mass is 16.5. The molecule has 0 saturated carbocycles. The Labute approximate surface area is 179 Å². The number of hydrogen-bond donors (Lipinski definition) is 1. The van der Waals surface area contributed by atoms with Crippen LogP contribution in [0.5, 0.6) is 11.5 Å². The Hall–Kier alpha value is -3.75. The number of amides is 2. The average molecular weight is 428 g/mol. The molecule has 2 aromatic rings. The molecular formula is C22H24N2O7. The Morgan fingerprint density at radius 1 is 0.935 bits per heavy atom. The van der Waals surface area contributed by atoms with E-state index in [2.05, 4.69) is 5.32 Å². The Kier molecular flexibility index (Phi) is 6.33. The second kappa shape index (κ2) is 8.95. The lowest BCUT2D eigenvalue weighted by molar-refractivity contribution is -0.144. The van der Waals surface area contributed by atoms with E-state index in [1.54, 1.807) is 43.4 Å². The fraction of sp³-hybridized carbons (Fsp3) is 0.318. The van der Waals surface area contributed by atoms with Crippen molar-refractivity contribution in [3.8, 4) is 11.5 Å². The smallest absolute Gasteiger partial charge is 0.411 e. The summed E-state index contributed by atoms with van der Waals surface area (Å²) in [5.74, 6) is -0.965. The van der Waals surface area contributed by atoms with Crippen LogP contribution in [0.4, 0.5) is 10.5 Å². The predicted molar refractivity (Wildman–Crippen MR) is 112 cm³/mol. The fourth-order valence-corrected chi connectivity index (χ4v) is 3.85. The number of methoxy groups -OCH3 is 4. The largest absolute Gasteiger partial charge is 0.493 e. The highest BCUT2D eigenvalue weighted by molar-refractivity contribution is 6.01. The Balaban J connectivity index is 2.24. The number of para-hydroxylation sites is 1. The van der Waals surface area contributed by atoms with Crippen molar-refractivity contribution < 1.29 is 33.3 Å². The van der Waals surface area contributed by atoms with Gasteiger partial charge in [0.25, 0.3) is 5.91 Å². The maximum Gasteiger partial charge on any atom is 0.411 e. The second-order valence-corrected chi connectivity index (χ2v) is 6.86. The van der Waals surface area contributed by atoms with Crippen LogP contribution in [0.25, 0.3) is 0 Å². The number of benzene rings is 2. The van der Waals surface area contributed by atoms with E-state index in [9.17, 15) is 14.4 Å². The number of hydrogen-bond acceptors (Lipinski definition) is 7. The molecule has 2 unspecified atom stereocenters. The summed E-state index contributed by atoms with van der Waals surface area (Å²) in [6, 6.07) is 9.31. The van der Waals surface area contributed by atoms with Crippen LogP contribution in [0.2, 0.25) is 0 Å². The van der Waals surface area contributed by atoms with Crippen molar-refractivity contribution in [1.29, 1.82) is 0 Å². The molecule has 0 radical (unpaired) electrons. The number of carbonyl (C=O) groups excluding carboxylic acids is 3. The highest BCUT2D eigenvalue weighted by Gasteiger charge is 2.45. The number of ether oxygens (including phenoxy) is 4. The molecule has 2 aromatic carbocycles. The van der Waals surface area contributed by atoms with Crippen LogP contribution < -0.4 is 14.8 Å². The first kappa shape index (κ1) is 21.9. The molecule has 0 spiro atoms. The van der Waals surface area contributed by atoms with Gasteiger partial charge < -0.3 is 23.8 Å². The van der Waals surface area contributed by atoms with Gasteiger partial charge >= 0.3 is 12.1 Å². The molecule has 2 atom stereocenters. The summed E-state index contributed by atoms with van der Waals surface area (Å²) in [5, 5.41) is 2.64. The van der Waals surface area contributed by atoms with Gasteiger partial charge in [0.2, 0.25) is 0 Å². The molecule has 0 aliphatic carbocycles. The summed E-state index contributed by atoms with van der Waals surface area (Å²) in [6.07, 6.45) is -0.668. The molecule has 1 aliphatic rings. The lowest BCUT2D eigenvalue weighted by Crippen LogP contribution is -2.43. The van der Waals surface area contributed by atoms with Crippen molar-refractivity contribution in [3.05, 3.63) is 53.1 Å². The van der Waals surface area contributed by atoms with Crippen molar-refractivity contribution in [2.45, 2.75) is 12.0 Å². The van der Waals surface area contributed by atoms with E-state index < -0.39 is 24.0 Å². The molecule has 1 heterocycles. The SMILES string of the molecule is COC(=O)Nc1ccccc1C1C(C(=O)OC)c2cc(OC)c(OC)cc2C(=O)N1C. The van der Waals surface area contributed by atoms with Gasteiger partial charge in [-0.05, 0) is 29.3 Å². The minimum atomic E-state index is -0.872. The number of carbonyl (C=O) groups is 3. The second-order valence-electron chi connectivity index (χ2n) is 6.86. The van der Waals surface area contributed by atoms with Gasteiger partial charge in [-0.1, -0.05) is 18.2 Å². The third kappa shape index (κ3) is 3.86. The van der Waals surface area contributed by atoms with Gasteiger partial charge in [0, 0.05) is 18.3 Å². The molecule has 0 bridgehead atoms. The van der Waals surface area contributed by atoms with E-state index in [4.69, 9.17) is 18.9 Å². The molecule has 0 fully saturated rings. The number of esters is 1. The Morgan fingerprint density at radius 2 is 1.58 bits per heavy atom. The number of nitrogens with zero attached hydrogens (tertiary/aromatic N) is 1. The van der Waals surface area contributed by atoms with E-state index in [0.717, 1.165) is 0 Å². The van der Waals surface area contributed by atoms with Crippen molar-refractivity contribution in [1.82, 2.24) is 4.90 Å². The molecule has 3 rings (SSSR count).